The maximum atomic E-state index is 11.4. The molecular weight excluding hydrogens is 168 g/mol. The van der Waals surface area contributed by atoms with E-state index in [0.717, 1.165) is 0 Å². The molecule has 70 valence electrons. The maximum absolute atomic E-state index is 11.4. The number of carbonyl (C=O) groups is 1. The lowest BCUT2D eigenvalue weighted by Gasteiger charge is -2.18. The van der Waals surface area contributed by atoms with Crippen molar-refractivity contribution >= 4 is 5.91 Å². The summed E-state index contributed by atoms with van der Waals surface area (Å²) >= 11 is 0. The summed E-state index contributed by atoms with van der Waals surface area (Å²) in [5.41, 5.74) is -0.711. The molecule has 0 atom stereocenters. The summed E-state index contributed by atoms with van der Waals surface area (Å²) in [7, 11) is 0. The molecule has 1 amide bonds. The zero-order chi connectivity index (χ0) is 9.90. The summed E-state index contributed by atoms with van der Waals surface area (Å²) in [6.07, 6.45) is 3.05. The van der Waals surface area contributed by atoms with Gasteiger partial charge >= 0.3 is 0 Å². The van der Waals surface area contributed by atoms with Crippen LogP contribution in [-0.4, -0.2) is 21.7 Å². The SMILES string of the molecule is CC(C)(O)NC(=O)c1ccncc1. The standard InChI is InChI=1S/C9H12N2O2/c1-9(2,13)11-8(12)7-3-5-10-6-4-7/h3-6,13H,1-2H3,(H,11,12). The van der Waals surface area contributed by atoms with Crippen LogP contribution in [0.1, 0.15) is 24.2 Å². The van der Waals surface area contributed by atoms with Gasteiger partial charge in [-0.05, 0) is 26.0 Å². The molecule has 0 aliphatic heterocycles. The Morgan fingerprint density at radius 2 is 2.00 bits per heavy atom. The van der Waals surface area contributed by atoms with E-state index in [0.29, 0.717) is 5.56 Å². The number of aliphatic hydroxyl groups is 1. The Morgan fingerprint density at radius 1 is 1.46 bits per heavy atom. The van der Waals surface area contributed by atoms with Crippen LogP contribution >= 0.6 is 0 Å². The van der Waals surface area contributed by atoms with Gasteiger partial charge in [0.2, 0.25) is 0 Å². The van der Waals surface area contributed by atoms with E-state index in [4.69, 9.17) is 0 Å². The second-order valence-electron chi connectivity index (χ2n) is 3.25. The molecule has 1 aromatic heterocycles. The number of carbonyl (C=O) groups excluding carboxylic acids is 1. The summed E-state index contributed by atoms with van der Waals surface area (Å²) in [5, 5.41) is 11.7. The van der Waals surface area contributed by atoms with E-state index < -0.39 is 5.72 Å². The minimum atomic E-state index is -1.19. The predicted molar refractivity (Wildman–Crippen MR) is 48.0 cm³/mol. The largest absolute Gasteiger partial charge is 0.372 e. The van der Waals surface area contributed by atoms with Gasteiger partial charge in [0.15, 0.2) is 0 Å². The Labute approximate surface area is 76.6 Å². The highest BCUT2D eigenvalue weighted by Crippen LogP contribution is 2.00. The quantitative estimate of drug-likeness (QED) is 0.653. The number of pyridine rings is 1. The van der Waals surface area contributed by atoms with Crippen LogP contribution in [-0.2, 0) is 0 Å². The van der Waals surface area contributed by atoms with Crippen molar-refractivity contribution in [3.63, 3.8) is 0 Å². The first-order valence-corrected chi connectivity index (χ1v) is 3.94. The predicted octanol–water partition coefficient (Wildman–Crippen LogP) is 0.540. The van der Waals surface area contributed by atoms with Crippen molar-refractivity contribution < 1.29 is 9.90 Å². The third-order valence-electron chi connectivity index (χ3n) is 1.36. The summed E-state index contributed by atoms with van der Waals surface area (Å²) in [5.74, 6) is -0.310. The van der Waals surface area contributed by atoms with Crippen molar-refractivity contribution in [2.45, 2.75) is 19.6 Å². The van der Waals surface area contributed by atoms with Crippen molar-refractivity contribution in [1.82, 2.24) is 10.3 Å². The highest BCUT2D eigenvalue weighted by Gasteiger charge is 2.16. The van der Waals surface area contributed by atoms with Crippen LogP contribution < -0.4 is 5.32 Å². The van der Waals surface area contributed by atoms with Crippen molar-refractivity contribution in [3.8, 4) is 0 Å². The molecule has 0 radical (unpaired) electrons. The molecule has 4 nitrogen and oxygen atoms in total. The number of aromatic nitrogens is 1. The molecule has 0 saturated heterocycles. The molecule has 0 aliphatic rings. The number of amides is 1. The van der Waals surface area contributed by atoms with Gasteiger partial charge in [0.1, 0.15) is 5.72 Å². The normalized spacial score (nSPS) is 11.0. The van der Waals surface area contributed by atoms with Gasteiger partial charge in [-0.3, -0.25) is 9.78 Å². The summed E-state index contributed by atoms with van der Waals surface area (Å²) < 4.78 is 0. The maximum Gasteiger partial charge on any atom is 0.253 e. The van der Waals surface area contributed by atoms with E-state index in [1.54, 1.807) is 12.1 Å². The topological polar surface area (TPSA) is 62.2 Å². The molecule has 1 aromatic rings. The van der Waals surface area contributed by atoms with Crippen molar-refractivity contribution in [3.05, 3.63) is 30.1 Å². The van der Waals surface area contributed by atoms with Crippen LogP contribution in [0, 0.1) is 0 Å². The molecule has 0 aromatic carbocycles. The lowest BCUT2D eigenvalue weighted by Crippen LogP contribution is -2.43. The van der Waals surface area contributed by atoms with E-state index in [1.807, 2.05) is 0 Å². The Kier molecular flexibility index (Phi) is 2.63. The molecule has 2 N–H and O–H groups in total. The lowest BCUT2D eigenvalue weighted by atomic mass is 10.2. The zero-order valence-corrected chi connectivity index (χ0v) is 7.61. The van der Waals surface area contributed by atoms with Crippen LogP contribution in [0.4, 0.5) is 0 Å². The molecule has 0 unspecified atom stereocenters. The summed E-state index contributed by atoms with van der Waals surface area (Å²) in [6, 6.07) is 3.17. The first kappa shape index (κ1) is 9.67. The fraction of sp³-hybridized carbons (Fsp3) is 0.333. The van der Waals surface area contributed by atoms with Gasteiger partial charge in [0.25, 0.3) is 5.91 Å². The molecule has 1 heterocycles. The monoisotopic (exact) mass is 180 g/mol. The van der Waals surface area contributed by atoms with Crippen LogP contribution in [0.2, 0.25) is 0 Å². The molecule has 0 spiro atoms. The average Bonchev–Trinajstić information content (AvgIpc) is 2.03. The molecule has 0 saturated carbocycles. The summed E-state index contributed by atoms with van der Waals surface area (Å²) in [4.78, 5) is 15.1. The highest BCUT2D eigenvalue weighted by atomic mass is 16.3. The van der Waals surface area contributed by atoms with Crippen molar-refractivity contribution in [1.29, 1.82) is 0 Å². The molecule has 0 aliphatic carbocycles. The van der Waals surface area contributed by atoms with E-state index in [9.17, 15) is 9.90 Å². The molecule has 4 heteroatoms. The van der Waals surface area contributed by atoms with E-state index in [2.05, 4.69) is 10.3 Å². The third kappa shape index (κ3) is 3.21. The smallest absolute Gasteiger partial charge is 0.253 e. The molecule has 0 fully saturated rings. The van der Waals surface area contributed by atoms with Gasteiger partial charge in [-0.2, -0.15) is 0 Å². The highest BCUT2D eigenvalue weighted by molar-refractivity contribution is 5.94. The minimum absolute atomic E-state index is 0.310. The van der Waals surface area contributed by atoms with Crippen molar-refractivity contribution in [2.24, 2.45) is 0 Å². The first-order chi connectivity index (χ1) is 5.99. The van der Waals surface area contributed by atoms with Crippen LogP contribution in [0.25, 0.3) is 0 Å². The fourth-order valence-corrected chi connectivity index (χ4v) is 0.853. The number of rotatable bonds is 2. The number of hydrogen-bond acceptors (Lipinski definition) is 3. The minimum Gasteiger partial charge on any atom is -0.372 e. The average molecular weight is 180 g/mol. The molecular formula is C9H12N2O2. The fourth-order valence-electron chi connectivity index (χ4n) is 0.853. The Hall–Kier alpha value is -1.42. The van der Waals surface area contributed by atoms with Crippen LogP contribution in [0.15, 0.2) is 24.5 Å². The zero-order valence-electron chi connectivity index (χ0n) is 7.61. The Morgan fingerprint density at radius 3 is 2.46 bits per heavy atom. The van der Waals surface area contributed by atoms with Gasteiger partial charge in [0, 0.05) is 18.0 Å². The number of nitrogens with one attached hydrogen (secondary N) is 1. The van der Waals surface area contributed by atoms with Gasteiger partial charge in [-0.25, -0.2) is 0 Å². The van der Waals surface area contributed by atoms with E-state index in [-0.39, 0.29) is 5.91 Å². The second kappa shape index (κ2) is 3.53. The van der Waals surface area contributed by atoms with Gasteiger partial charge in [0.05, 0.1) is 0 Å². The van der Waals surface area contributed by atoms with E-state index >= 15 is 0 Å². The number of hydrogen-bond donors (Lipinski definition) is 2. The van der Waals surface area contributed by atoms with Crippen molar-refractivity contribution in [2.75, 3.05) is 0 Å². The molecule has 13 heavy (non-hydrogen) atoms. The van der Waals surface area contributed by atoms with Crippen LogP contribution in [0.5, 0.6) is 0 Å². The van der Waals surface area contributed by atoms with Gasteiger partial charge in [-0.1, -0.05) is 0 Å². The Bertz CT molecular complexity index is 290. The Balaban J connectivity index is 2.71. The van der Waals surface area contributed by atoms with E-state index in [1.165, 1.54) is 26.2 Å². The lowest BCUT2D eigenvalue weighted by molar-refractivity contribution is 0.0376. The third-order valence-corrected chi connectivity index (χ3v) is 1.36. The van der Waals surface area contributed by atoms with Crippen LogP contribution in [0.3, 0.4) is 0 Å². The molecule has 1 rings (SSSR count). The van der Waals surface area contributed by atoms with Gasteiger partial charge < -0.3 is 10.4 Å². The van der Waals surface area contributed by atoms with Gasteiger partial charge in [-0.15, -0.1) is 0 Å². The second-order valence-corrected chi connectivity index (χ2v) is 3.25. The first-order valence-electron chi connectivity index (χ1n) is 3.94. The molecule has 0 bridgehead atoms. The number of nitrogens with zero attached hydrogens (tertiary/aromatic N) is 1. The summed E-state index contributed by atoms with van der Waals surface area (Å²) in [6.45, 7) is 3.01.